The minimum Gasteiger partial charge on any atom is -0.462 e. The number of para-hydroxylation sites is 1. The molecule has 6 nitrogen and oxygen atoms in total. The van der Waals surface area contributed by atoms with E-state index in [0.717, 1.165) is 17.0 Å². The normalized spacial score (nSPS) is 11.1. The molecule has 0 bridgehead atoms. The van der Waals surface area contributed by atoms with Crippen LogP contribution in [0.15, 0.2) is 66.5 Å². The van der Waals surface area contributed by atoms with Crippen molar-refractivity contribution in [2.24, 2.45) is 0 Å². The van der Waals surface area contributed by atoms with Gasteiger partial charge in [0.05, 0.1) is 17.0 Å². The summed E-state index contributed by atoms with van der Waals surface area (Å²) in [6.45, 7) is 3.25. The summed E-state index contributed by atoms with van der Waals surface area (Å²) in [4.78, 5) is 42.0. The van der Waals surface area contributed by atoms with Crippen LogP contribution in [0.1, 0.15) is 39.4 Å². The Kier molecular flexibility index (Phi) is 6.87. The van der Waals surface area contributed by atoms with Crippen molar-refractivity contribution in [3.05, 3.63) is 82.5 Å². The number of esters is 1. The number of ketones is 2. The molecule has 7 heteroatoms. The number of carbonyl (C=O) groups is 3. The summed E-state index contributed by atoms with van der Waals surface area (Å²) in [7, 11) is 0. The van der Waals surface area contributed by atoms with Gasteiger partial charge in [-0.3, -0.25) is 14.6 Å². The average Bonchev–Trinajstić information content (AvgIpc) is 3.17. The first-order valence-electron chi connectivity index (χ1n) is 9.30. The molecule has 3 aromatic rings. The molecule has 0 aliphatic heterocycles. The van der Waals surface area contributed by atoms with Crippen LogP contribution in [0.2, 0.25) is 0 Å². The van der Waals surface area contributed by atoms with Gasteiger partial charge >= 0.3 is 5.97 Å². The van der Waals surface area contributed by atoms with Crippen LogP contribution in [0.25, 0.3) is 6.08 Å². The number of hydrogen-bond donors (Lipinski definition) is 1. The SMILES string of the molecule is CCOC(=O)/C(=C\c1ccncc1)C(=O)c1cc(C(C)=O)c(Nc2ccccc2)s1. The van der Waals surface area contributed by atoms with Crippen LogP contribution < -0.4 is 5.32 Å². The van der Waals surface area contributed by atoms with Crippen molar-refractivity contribution in [2.75, 3.05) is 11.9 Å². The molecule has 0 saturated carbocycles. The molecule has 0 radical (unpaired) electrons. The second kappa shape index (κ2) is 9.76. The van der Waals surface area contributed by atoms with E-state index in [9.17, 15) is 14.4 Å². The number of anilines is 2. The van der Waals surface area contributed by atoms with Gasteiger partial charge in [-0.05, 0) is 55.8 Å². The molecular formula is C23H20N2O4S. The number of nitrogens with zero attached hydrogens (tertiary/aromatic N) is 1. The Hall–Kier alpha value is -3.58. The Balaban J connectivity index is 2.00. The van der Waals surface area contributed by atoms with Crippen molar-refractivity contribution >= 4 is 45.6 Å². The van der Waals surface area contributed by atoms with Crippen molar-refractivity contribution in [3.8, 4) is 0 Å². The van der Waals surface area contributed by atoms with Gasteiger partial charge in [0.15, 0.2) is 5.78 Å². The van der Waals surface area contributed by atoms with E-state index in [2.05, 4.69) is 10.3 Å². The van der Waals surface area contributed by atoms with Crippen LogP contribution in [0.3, 0.4) is 0 Å². The van der Waals surface area contributed by atoms with Gasteiger partial charge in [0.1, 0.15) is 10.6 Å². The maximum Gasteiger partial charge on any atom is 0.342 e. The first-order valence-corrected chi connectivity index (χ1v) is 10.1. The number of nitrogens with one attached hydrogen (secondary N) is 1. The zero-order valence-corrected chi connectivity index (χ0v) is 17.4. The molecule has 2 aromatic heterocycles. The van der Waals surface area contributed by atoms with Crippen LogP contribution in [-0.2, 0) is 9.53 Å². The summed E-state index contributed by atoms with van der Waals surface area (Å²) in [6, 6.07) is 14.2. The first kappa shape index (κ1) is 21.1. The molecule has 0 saturated heterocycles. The maximum absolute atomic E-state index is 13.2. The Morgan fingerprint density at radius 1 is 1.10 bits per heavy atom. The van der Waals surface area contributed by atoms with Crippen molar-refractivity contribution in [1.82, 2.24) is 4.98 Å². The maximum atomic E-state index is 13.2. The summed E-state index contributed by atoms with van der Waals surface area (Å²) in [5.41, 5.74) is 1.72. The molecule has 0 amide bonds. The predicted molar refractivity (Wildman–Crippen MR) is 117 cm³/mol. The molecule has 0 unspecified atom stereocenters. The second-order valence-corrected chi connectivity index (χ2v) is 7.34. The second-order valence-electron chi connectivity index (χ2n) is 6.29. The molecule has 0 aliphatic carbocycles. The zero-order chi connectivity index (χ0) is 21.5. The van der Waals surface area contributed by atoms with E-state index in [-0.39, 0.29) is 22.8 Å². The monoisotopic (exact) mass is 420 g/mol. The van der Waals surface area contributed by atoms with Crippen molar-refractivity contribution in [1.29, 1.82) is 0 Å². The molecule has 0 spiro atoms. The lowest BCUT2D eigenvalue weighted by Gasteiger charge is -2.06. The van der Waals surface area contributed by atoms with Gasteiger partial charge in [0, 0.05) is 18.1 Å². The molecule has 0 aliphatic rings. The van der Waals surface area contributed by atoms with Crippen LogP contribution >= 0.6 is 11.3 Å². The number of rotatable bonds is 8. The van der Waals surface area contributed by atoms with E-state index >= 15 is 0 Å². The highest BCUT2D eigenvalue weighted by Gasteiger charge is 2.25. The predicted octanol–water partition coefficient (Wildman–Crippen LogP) is 4.92. The highest BCUT2D eigenvalue weighted by atomic mass is 32.1. The minimum atomic E-state index is -0.713. The number of thiophene rings is 1. The lowest BCUT2D eigenvalue weighted by atomic mass is 10.1. The van der Waals surface area contributed by atoms with E-state index < -0.39 is 11.8 Å². The molecule has 0 atom stereocenters. The van der Waals surface area contributed by atoms with Gasteiger partial charge in [-0.25, -0.2) is 4.79 Å². The third-order valence-corrected chi connectivity index (χ3v) is 5.17. The quantitative estimate of drug-likeness (QED) is 0.183. The topological polar surface area (TPSA) is 85.4 Å². The van der Waals surface area contributed by atoms with Crippen LogP contribution in [-0.4, -0.2) is 29.1 Å². The Morgan fingerprint density at radius 2 is 1.80 bits per heavy atom. The number of benzene rings is 1. The molecule has 30 heavy (non-hydrogen) atoms. The summed E-state index contributed by atoms with van der Waals surface area (Å²) >= 11 is 1.12. The Bertz CT molecular complexity index is 1090. The standard InChI is InChI=1S/C23H20N2O4S/c1-3-29-23(28)19(13-16-9-11-24-12-10-16)21(27)20-14-18(15(2)26)22(30-20)25-17-7-5-4-6-8-17/h4-14,25H,3H2,1-2H3/b19-13-. The largest absolute Gasteiger partial charge is 0.462 e. The van der Waals surface area contributed by atoms with Crippen LogP contribution in [0.5, 0.6) is 0 Å². The smallest absolute Gasteiger partial charge is 0.342 e. The molecule has 3 rings (SSSR count). The fraction of sp³-hybridized carbons (Fsp3) is 0.130. The summed E-state index contributed by atoms with van der Waals surface area (Å²) in [5, 5.41) is 3.72. The van der Waals surface area contributed by atoms with Gasteiger partial charge in [0.2, 0.25) is 5.78 Å². The molecule has 152 valence electrons. The van der Waals surface area contributed by atoms with Gasteiger partial charge in [-0.15, -0.1) is 11.3 Å². The van der Waals surface area contributed by atoms with E-state index in [1.165, 1.54) is 19.1 Å². The van der Waals surface area contributed by atoms with Gasteiger partial charge < -0.3 is 10.1 Å². The van der Waals surface area contributed by atoms with Gasteiger partial charge in [-0.1, -0.05) is 18.2 Å². The lowest BCUT2D eigenvalue weighted by Crippen LogP contribution is -2.15. The van der Waals surface area contributed by atoms with Gasteiger partial charge in [0.25, 0.3) is 0 Å². The fourth-order valence-corrected chi connectivity index (χ4v) is 3.78. The molecule has 1 N–H and O–H groups in total. The minimum absolute atomic E-state index is 0.106. The first-order chi connectivity index (χ1) is 14.5. The number of hydrogen-bond acceptors (Lipinski definition) is 7. The fourth-order valence-electron chi connectivity index (χ4n) is 2.69. The molecule has 0 fully saturated rings. The van der Waals surface area contributed by atoms with Gasteiger partial charge in [-0.2, -0.15) is 0 Å². The number of carbonyl (C=O) groups excluding carboxylic acids is 3. The number of ether oxygens (including phenoxy) is 1. The Labute approximate surface area is 178 Å². The zero-order valence-electron chi connectivity index (χ0n) is 16.5. The number of aromatic nitrogens is 1. The summed E-state index contributed by atoms with van der Waals surface area (Å²) in [5.74, 6) is -1.40. The van der Waals surface area contributed by atoms with E-state index in [4.69, 9.17) is 4.74 Å². The lowest BCUT2D eigenvalue weighted by molar-refractivity contribution is -0.137. The van der Waals surface area contributed by atoms with Crippen LogP contribution in [0, 0.1) is 0 Å². The third-order valence-electron chi connectivity index (χ3n) is 4.12. The van der Waals surface area contributed by atoms with Crippen LogP contribution in [0.4, 0.5) is 10.7 Å². The van der Waals surface area contributed by atoms with Crippen molar-refractivity contribution in [2.45, 2.75) is 13.8 Å². The summed E-state index contributed by atoms with van der Waals surface area (Å²) < 4.78 is 5.08. The summed E-state index contributed by atoms with van der Waals surface area (Å²) in [6.07, 6.45) is 4.61. The highest BCUT2D eigenvalue weighted by molar-refractivity contribution is 7.18. The number of Topliss-reactive ketones (excluding diaryl/α,β-unsaturated/α-hetero) is 2. The van der Waals surface area contributed by atoms with E-state index in [0.29, 0.717) is 16.1 Å². The molecule has 2 heterocycles. The van der Waals surface area contributed by atoms with E-state index in [1.807, 2.05) is 30.3 Å². The van der Waals surface area contributed by atoms with E-state index in [1.54, 1.807) is 31.5 Å². The third kappa shape index (κ3) is 5.07. The molecule has 1 aromatic carbocycles. The molecular weight excluding hydrogens is 400 g/mol. The van der Waals surface area contributed by atoms with Crippen molar-refractivity contribution in [3.63, 3.8) is 0 Å². The number of pyridine rings is 1. The van der Waals surface area contributed by atoms with Crippen molar-refractivity contribution < 1.29 is 19.1 Å². The highest BCUT2D eigenvalue weighted by Crippen LogP contribution is 2.33. The average molecular weight is 420 g/mol. The Morgan fingerprint density at radius 3 is 2.43 bits per heavy atom.